The van der Waals surface area contributed by atoms with Gasteiger partial charge in [-0.25, -0.2) is 8.42 Å². The summed E-state index contributed by atoms with van der Waals surface area (Å²) in [6.45, 7) is 0. The maximum atomic E-state index is 11.6. The third-order valence-electron chi connectivity index (χ3n) is 4.81. The molecule has 31 heavy (non-hydrogen) atoms. The highest BCUT2D eigenvalue weighted by Crippen LogP contribution is 2.22. The third-order valence-corrected chi connectivity index (χ3v) is 5.94. The molecule has 0 amide bonds. The van der Waals surface area contributed by atoms with E-state index in [0.717, 1.165) is 22.7 Å². The summed E-state index contributed by atoms with van der Waals surface area (Å²) < 4.78 is 30.7. The van der Waals surface area contributed by atoms with Crippen molar-refractivity contribution in [3.05, 3.63) is 84.3 Å². The SMILES string of the molecule is CS(=O)(=O)c1ccc(Oc2ccc3nnc(Cc4ccc5ncccc5c4)n3n2)cc1. The molecule has 5 rings (SSSR count). The quantitative estimate of drug-likeness (QED) is 0.420. The summed E-state index contributed by atoms with van der Waals surface area (Å²) in [7, 11) is -3.26. The van der Waals surface area contributed by atoms with Gasteiger partial charge in [-0.1, -0.05) is 12.1 Å². The van der Waals surface area contributed by atoms with Gasteiger partial charge in [-0.15, -0.1) is 15.3 Å². The largest absolute Gasteiger partial charge is 0.438 e. The van der Waals surface area contributed by atoms with Crippen LogP contribution < -0.4 is 4.74 Å². The molecular weight excluding hydrogens is 414 g/mol. The molecule has 0 atom stereocenters. The highest BCUT2D eigenvalue weighted by Gasteiger charge is 2.11. The van der Waals surface area contributed by atoms with Crippen LogP contribution in [0.5, 0.6) is 11.6 Å². The van der Waals surface area contributed by atoms with Crippen LogP contribution in [0.15, 0.2) is 77.8 Å². The van der Waals surface area contributed by atoms with E-state index in [1.807, 2.05) is 24.3 Å². The molecule has 3 aromatic heterocycles. The zero-order valence-corrected chi connectivity index (χ0v) is 17.3. The lowest BCUT2D eigenvalue weighted by molar-refractivity contribution is 0.451. The zero-order chi connectivity index (χ0) is 21.4. The molecule has 0 aliphatic heterocycles. The van der Waals surface area contributed by atoms with E-state index in [0.29, 0.717) is 29.5 Å². The first-order valence-corrected chi connectivity index (χ1v) is 11.4. The molecule has 5 aromatic rings. The summed E-state index contributed by atoms with van der Waals surface area (Å²) in [5.74, 6) is 1.51. The van der Waals surface area contributed by atoms with Crippen LogP contribution in [-0.2, 0) is 16.3 Å². The van der Waals surface area contributed by atoms with E-state index in [-0.39, 0.29) is 4.90 Å². The predicted octanol–water partition coefficient (Wildman–Crippen LogP) is 3.46. The Morgan fingerprint density at radius 3 is 2.61 bits per heavy atom. The Hall–Kier alpha value is -3.85. The number of sulfone groups is 1. The molecule has 0 aliphatic carbocycles. The summed E-state index contributed by atoms with van der Waals surface area (Å²) in [5.41, 5.74) is 2.62. The van der Waals surface area contributed by atoms with Gasteiger partial charge in [0.15, 0.2) is 21.3 Å². The van der Waals surface area contributed by atoms with Gasteiger partial charge in [-0.3, -0.25) is 4.98 Å². The Balaban J connectivity index is 1.42. The first-order chi connectivity index (χ1) is 15.0. The van der Waals surface area contributed by atoms with Crippen LogP contribution in [0.2, 0.25) is 0 Å². The van der Waals surface area contributed by atoms with Crippen molar-refractivity contribution >= 4 is 26.4 Å². The number of nitrogens with zero attached hydrogens (tertiary/aromatic N) is 5. The van der Waals surface area contributed by atoms with Crippen LogP contribution in [0.25, 0.3) is 16.6 Å². The summed E-state index contributed by atoms with van der Waals surface area (Å²) in [5, 5.41) is 14.0. The highest BCUT2D eigenvalue weighted by atomic mass is 32.2. The molecule has 0 saturated carbocycles. The molecule has 154 valence electrons. The van der Waals surface area contributed by atoms with E-state index in [1.54, 1.807) is 35.0 Å². The number of fused-ring (bicyclic) bond motifs is 2. The molecule has 0 spiro atoms. The van der Waals surface area contributed by atoms with Crippen molar-refractivity contribution in [3.63, 3.8) is 0 Å². The van der Waals surface area contributed by atoms with E-state index < -0.39 is 9.84 Å². The van der Waals surface area contributed by atoms with E-state index in [2.05, 4.69) is 26.3 Å². The highest BCUT2D eigenvalue weighted by molar-refractivity contribution is 7.90. The number of aromatic nitrogens is 5. The topological polar surface area (TPSA) is 99.3 Å². The van der Waals surface area contributed by atoms with Crippen molar-refractivity contribution in [2.75, 3.05) is 6.26 Å². The summed E-state index contributed by atoms with van der Waals surface area (Å²) in [4.78, 5) is 4.58. The van der Waals surface area contributed by atoms with E-state index >= 15 is 0 Å². The average Bonchev–Trinajstić information content (AvgIpc) is 3.15. The number of hydrogen-bond acceptors (Lipinski definition) is 7. The van der Waals surface area contributed by atoms with Gasteiger partial charge in [0.25, 0.3) is 0 Å². The lowest BCUT2D eigenvalue weighted by atomic mass is 10.1. The molecule has 9 heteroatoms. The molecule has 0 unspecified atom stereocenters. The fraction of sp³-hybridized carbons (Fsp3) is 0.0909. The summed E-state index contributed by atoms with van der Waals surface area (Å²) >= 11 is 0. The Morgan fingerprint density at radius 2 is 1.81 bits per heavy atom. The monoisotopic (exact) mass is 431 g/mol. The lowest BCUT2D eigenvalue weighted by Crippen LogP contribution is -2.02. The van der Waals surface area contributed by atoms with Crippen molar-refractivity contribution in [2.45, 2.75) is 11.3 Å². The van der Waals surface area contributed by atoms with E-state index in [9.17, 15) is 8.42 Å². The Kier molecular flexibility index (Phi) is 4.59. The van der Waals surface area contributed by atoms with Gasteiger partial charge in [-0.2, -0.15) is 4.52 Å². The van der Waals surface area contributed by atoms with Crippen LogP contribution in [-0.4, -0.2) is 39.5 Å². The van der Waals surface area contributed by atoms with Gasteiger partial charge in [-0.05, 0) is 54.1 Å². The van der Waals surface area contributed by atoms with Gasteiger partial charge in [0, 0.05) is 30.3 Å². The van der Waals surface area contributed by atoms with Crippen molar-refractivity contribution in [3.8, 4) is 11.6 Å². The first-order valence-electron chi connectivity index (χ1n) is 9.49. The number of hydrogen-bond donors (Lipinski definition) is 0. The molecule has 8 nitrogen and oxygen atoms in total. The Bertz CT molecular complexity index is 1510. The normalized spacial score (nSPS) is 11.8. The smallest absolute Gasteiger partial charge is 0.237 e. The lowest BCUT2D eigenvalue weighted by Gasteiger charge is -2.07. The van der Waals surface area contributed by atoms with Gasteiger partial charge in [0.05, 0.1) is 10.4 Å². The second-order valence-electron chi connectivity index (χ2n) is 7.11. The van der Waals surface area contributed by atoms with Crippen LogP contribution in [0, 0.1) is 0 Å². The Morgan fingerprint density at radius 1 is 0.968 bits per heavy atom. The minimum atomic E-state index is -3.26. The predicted molar refractivity (Wildman–Crippen MR) is 115 cm³/mol. The van der Waals surface area contributed by atoms with Crippen LogP contribution in [0.4, 0.5) is 0 Å². The first kappa shape index (κ1) is 19.1. The standard InChI is InChI=1S/C22H17N5O3S/c1-31(28,29)18-7-5-17(6-8-18)30-22-11-10-20-24-25-21(27(20)26-22)14-15-4-9-19-16(13-15)3-2-12-23-19/h2-13H,14H2,1H3. The molecule has 0 radical (unpaired) electrons. The van der Waals surface area contributed by atoms with Crippen molar-refractivity contribution < 1.29 is 13.2 Å². The van der Waals surface area contributed by atoms with Gasteiger partial charge in [0.2, 0.25) is 5.88 Å². The maximum Gasteiger partial charge on any atom is 0.237 e. The molecule has 0 N–H and O–H groups in total. The number of rotatable bonds is 5. The van der Waals surface area contributed by atoms with Crippen molar-refractivity contribution in [1.82, 2.24) is 24.8 Å². The second-order valence-corrected chi connectivity index (χ2v) is 9.13. The molecule has 2 aromatic carbocycles. The third kappa shape index (κ3) is 3.95. The Labute approximate surface area is 178 Å². The molecule has 0 aliphatic rings. The number of pyridine rings is 1. The van der Waals surface area contributed by atoms with E-state index in [1.165, 1.54) is 12.1 Å². The van der Waals surface area contributed by atoms with Crippen LogP contribution in [0.3, 0.4) is 0 Å². The van der Waals surface area contributed by atoms with Crippen molar-refractivity contribution in [2.24, 2.45) is 0 Å². The van der Waals surface area contributed by atoms with Crippen LogP contribution in [0.1, 0.15) is 11.4 Å². The summed E-state index contributed by atoms with van der Waals surface area (Å²) in [6, 6.07) is 19.7. The molecule has 0 saturated heterocycles. The minimum Gasteiger partial charge on any atom is -0.438 e. The fourth-order valence-electron chi connectivity index (χ4n) is 3.27. The van der Waals surface area contributed by atoms with Gasteiger partial charge < -0.3 is 4.74 Å². The van der Waals surface area contributed by atoms with Gasteiger partial charge in [0.1, 0.15) is 5.75 Å². The molecule has 3 heterocycles. The average molecular weight is 431 g/mol. The minimum absolute atomic E-state index is 0.231. The maximum absolute atomic E-state index is 11.6. The second kappa shape index (κ2) is 7.44. The number of benzene rings is 2. The molecule has 0 fully saturated rings. The zero-order valence-electron chi connectivity index (χ0n) is 16.5. The molecule has 0 bridgehead atoms. The van der Waals surface area contributed by atoms with Crippen molar-refractivity contribution in [1.29, 1.82) is 0 Å². The van der Waals surface area contributed by atoms with Crippen LogP contribution >= 0.6 is 0 Å². The fourth-order valence-corrected chi connectivity index (χ4v) is 3.90. The van der Waals surface area contributed by atoms with Gasteiger partial charge >= 0.3 is 0 Å². The summed E-state index contributed by atoms with van der Waals surface area (Å²) in [6.07, 6.45) is 3.48. The molecular formula is C22H17N5O3S. The van der Waals surface area contributed by atoms with E-state index in [4.69, 9.17) is 4.74 Å². The number of ether oxygens (including phenoxy) is 1.